The minimum absolute atomic E-state index is 0.507. The van der Waals surface area contributed by atoms with Crippen LogP contribution in [-0.4, -0.2) is 16.6 Å². The number of ether oxygens (including phenoxy) is 1. The Bertz CT molecular complexity index is 426. The average Bonchev–Trinajstić information content (AvgIpc) is 3.23. The summed E-state index contributed by atoms with van der Waals surface area (Å²) in [5.74, 6) is 2.72. The Balaban J connectivity index is 1.59. The quantitative estimate of drug-likeness (QED) is 0.607. The molecular weight excluding hydrogens is 260 g/mol. The fourth-order valence-electron chi connectivity index (χ4n) is 2.75. The predicted octanol–water partition coefficient (Wildman–Crippen LogP) is 4.36. The highest BCUT2D eigenvalue weighted by molar-refractivity contribution is 6.29. The summed E-state index contributed by atoms with van der Waals surface area (Å²) >= 11 is 6.04. The molecule has 0 unspecified atom stereocenters. The molecule has 0 amide bonds. The fourth-order valence-corrected chi connectivity index (χ4v) is 2.93. The van der Waals surface area contributed by atoms with E-state index in [2.05, 4.69) is 9.97 Å². The largest absolute Gasteiger partial charge is 0.477 e. The number of hydrogen-bond acceptors (Lipinski definition) is 3. The zero-order valence-corrected chi connectivity index (χ0v) is 12.0. The van der Waals surface area contributed by atoms with Crippen molar-refractivity contribution in [2.24, 2.45) is 5.92 Å². The second-order valence-electron chi connectivity index (χ2n) is 5.83. The van der Waals surface area contributed by atoms with Gasteiger partial charge in [0.2, 0.25) is 5.88 Å². The van der Waals surface area contributed by atoms with Crippen molar-refractivity contribution >= 4 is 11.6 Å². The van der Waals surface area contributed by atoms with Gasteiger partial charge in [-0.25, -0.2) is 4.98 Å². The SMILES string of the molecule is Clc1cc(OCC2CCCCCC2)nc(C2CC2)n1. The Morgan fingerprint density at radius 1 is 1.05 bits per heavy atom. The summed E-state index contributed by atoms with van der Waals surface area (Å²) < 4.78 is 5.86. The van der Waals surface area contributed by atoms with E-state index in [4.69, 9.17) is 16.3 Å². The lowest BCUT2D eigenvalue weighted by Crippen LogP contribution is -2.12. The fraction of sp³-hybridized carbons (Fsp3) is 0.733. The smallest absolute Gasteiger partial charge is 0.218 e. The maximum Gasteiger partial charge on any atom is 0.218 e. The molecule has 0 aliphatic heterocycles. The molecule has 2 aliphatic rings. The van der Waals surface area contributed by atoms with E-state index >= 15 is 0 Å². The van der Waals surface area contributed by atoms with Crippen molar-refractivity contribution in [2.75, 3.05) is 6.61 Å². The molecule has 0 bridgehead atoms. The molecule has 1 aromatic heterocycles. The van der Waals surface area contributed by atoms with Gasteiger partial charge in [-0.1, -0.05) is 37.3 Å². The summed E-state index contributed by atoms with van der Waals surface area (Å²) in [6.07, 6.45) is 10.4. The zero-order valence-electron chi connectivity index (χ0n) is 11.3. The van der Waals surface area contributed by atoms with Crippen LogP contribution in [0.15, 0.2) is 6.07 Å². The normalized spacial score (nSPS) is 21.1. The first-order chi connectivity index (χ1) is 9.31. The molecule has 0 atom stereocenters. The number of halogens is 1. The summed E-state index contributed by atoms with van der Waals surface area (Å²) in [4.78, 5) is 8.77. The second kappa shape index (κ2) is 6.08. The number of aromatic nitrogens is 2. The Labute approximate surface area is 119 Å². The van der Waals surface area contributed by atoms with E-state index in [0.717, 1.165) is 12.4 Å². The van der Waals surface area contributed by atoms with E-state index in [1.165, 1.54) is 51.4 Å². The summed E-state index contributed by atoms with van der Waals surface area (Å²) in [6, 6.07) is 1.74. The Hall–Kier alpha value is -0.830. The Morgan fingerprint density at radius 2 is 1.79 bits per heavy atom. The highest BCUT2D eigenvalue weighted by Crippen LogP contribution is 2.39. The first-order valence-electron chi connectivity index (χ1n) is 7.48. The van der Waals surface area contributed by atoms with Crippen LogP contribution in [0.5, 0.6) is 5.88 Å². The van der Waals surface area contributed by atoms with Crippen LogP contribution in [-0.2, 0) is 0 Å². The first kappa shape index (κ1) is 13.2. The van der Waals surface area contributed by atoms with E-state index in [1.54, 1.807) is 6.07 Å². The van der Waals surface area contributed by atoms with E-state index in [-0.39, 0.29) is 0 Å². The van der Waals surface area contributed by atoms with Gasteiger partial charge in [0.1, 0.15) is 11.0 Å². The molecule has 0 radical (unpaired) electrons. The maximum absolute atomic E-state index is 6.04. The zero-order chi connectivity index (χ0) is 13.1. The van der Waals surface area contributed by atoms with Crippen LogP contribution < -0.4 is 4.74 Å². The van der Waals surface area contributed by atoms with Crippen molar-refractivity contribution in [1.82, 2.24) is 9.97 Å². The van der Waals surface area contributed by atoms with E-state index in [1.807, 2.05) is 0 Å². The summed E-state index contributed by atoms with van der Waals surface area (Å²) in [5.41, 5.74) is 0. The number of rotatable bonds is 4. The third-order valence-electron chi connectivity index (χ3n) is 4.07. The van der Waals surface area contributed by atoms with Gasteiger partial charge in [-0.3, -0.25) is 0 Å². The molecule has 0 saturated heterocycles. The summed E-state index contributed by atoms with van der Waals surface area (Å²) in [7, 11) is 0. The predicted molar refractivity (Wildman–Crippen MR) is 75.7 cm³/mol. The van der Waals surface area contributed by atoms with Gasteiger partial charge in [-0.2, -0.15) is 4.98 Å². The number of nitrogens with zero attached hydrogens (tertiary/aromatic N) is 2. The van der Waals surface area contributed by atoms with Gasteiger partial charge < -0.3 is 4.74 Å². The molecule has 2 saturated carbocycles. The maximum atomic E-state index is 6.04. The lowest BCUT2D eigenvalue weighted by molar-refractivity contribution is 0.225. The lowest BCUT2D eigenvalue weighted by Gasteiger charge is -2.15. The van der Waals surface area contributed by atoms with Gasteiger partial charge in [0.15, 0.2) is 0 Å². The van der Waals surface area contributed by atoms with Gasteiger partial charge in [-0.15, -0.1) is 0 Å². The van der Waals surface area contributed by atoms with Crippen LogP contribution in [0.2, 0.25) is 5.15 Å². The molecule has 1 heterocycles. The molecule has 0 aromatic carbocycles. The lowest BCUT2D eigenvalue weighted by atomic mass is 10.0. The van der Waals surface area contributed by atoms with E-state index in [9.17, 15) is 0 Å². The molecule has 0 spiro atoms. The highest BCUT2D eigenvalue weighted by atomic mass is 35.5. The molecule has 3 nitrogen and oxygen atoms in total. The third kappa shape index (κ3) is 3.82. The minimum Gasteiger partial charge on any atom is -0.477 e. The van der Waals surface area contributed by atoms with Gasteiger partial charge in [0, 0.05) is 12.0 Å². The Kier molecular flexibility index (Phi) is 4.21. The van der Waals surface area contributed by atoms with Gasteiger partial charge >= 0.3 is 0 Å². The molecule has 3 rings (SSSR count). The highest BCUT2D eigenvalue weighted by Gasteiger charge is 2.27. The van der Waals surface area contributed by atoms with Crippen molar-refractivity contribution in [2.45, 2.75) is 57.3 Å². The van der Waals surface area contributed by atoms with Gasteiger partial charge in [0.25, 0.3) is 0 Å². The summed E-state index contributed by atoms with van der Waals surface area (Å²) in [5, 5.41) is 0.507. The average molecular weight is 281 g/mol. The number of hydrogen-bond donors (Lipinski definition) is 0. The standard InChI is InChI=1S/C15H21ClN2O/c16-13-9-14(18-15(17-13)12-7-8-12)19-10-11-5-3-1-2-4-6-11/h9,11-12H,1-8,10H2. The molecule has 2 fully saturated rings. The van der Waals surface area contributed by atoms with Crippen LogP contribution in [0.1, 0.15) is 63.1 Å². The van der Waals surface area contributed by atoms with Crippen LogP contribution in [0, 0.1) is 5.92 Å². The van der Waals surface area contributed by atoms with E-state index in [0.29, 0.717) is 22.9 Å². The first-order valence-corrected chi connectivity index (χ1v) is 7.86. The van der Waals surface area contributed by atoms with Crippen molar-refractivity contribution < 1.29 is 4.74 Å². The second-order valence-corrected chi connectivity index (χ2v) is 6.22. The van der Waals surface area contributed by atoms with Crippen LogP contribution in [0.25, 0.3) is 0 Å². The monoisotopic (exact) mass is 280 g/mol. The van der Waals surface area contributed by atoms with Crippen LogP contribution in [0.3, 0.4) is 0 Å². The molecule has 104 valence electrons. The van der Waals surface area contributed by atoms with Gasteiger partial charge in [0.05, 0.1) is 6.61 Å². The topological polar surface area (TPSA) is 35.0 Å². The Morgan fingerprint density at radius 3 is 2.47 bits per heavy atom. The molecule has 2 aliphatic carbocycles. The molecule has 4 heteroatoms. The van der Waals surface area contributed by atoms with Crippen molar-refractivity contribution in [3.63, 3.8) is 0 Å². The van der Waals surface area contributed by atoms with E-state index < -0.39 is 0 Å². The van der Waals surface area contributed by atoms with Gasteiger partial charge in [-0.05, 0) is 31.6 Å². The molecular formula is C15H21ClN2O. The molecule has 0 N–H and O–H groups in total. The molecule has 19 heavy (non-hydrogen) atoms. The van der Waals surface area contributed by atoms with Crippen molar-refractivity contribution in [3.05, 3.63) is 17.0 Å². The van der Waals surface area contributed by atoms with Crippen LogP contribution in [0.4, 0.5) is 0 Å². The summed E-state index contributed by atoms with van der Waals surface area (Å²) in [6.45, 7) is 0.775. The van der Waals surface area contributed by atoms with Crippen molar-refractivity contribution in [1.29, 1.82) is 0 Å². The molecule has 1 aromatic rings. The van der Waals surface area contributed by atoms with Crippen molar-refractivity contribution in [3.8, 4) is 5.88 Å². The third-order valence-corrected chi connectivity index (χ3v) is 4.27. The van der Waals surface area contributed by atoms with Crippen LogP contribution >= 0.6 is 11.6 Å². The minimum atomic E-state index is 0.507.